The molecule has 1 amide bonds. The summed E-state index contributed by atoms with van der Waals surface area (Å²) in [4.78, 5) is 14.6. The number of nitrogens with zero attached hydrogens (tertiary/aromatic N) is 2. The lowest BCUT2D eigenvalue weighted by Crippen LogP contribution is -2.36. The fraction of sp³-hybridized carbons (Fsp3) is 0.360. The Labute approximate surface area is 184 Å². The lowest BCUT2D eigenvalue weighted by atomic mass is 10.0. The number of benzene rings is 2. The summed E-state index contributed by atoms with van der Waals surface area (Å²) >= 11 is 0. The van der Waals surface area contributed by atoms with Crippen LogP contribution in [-0.4, -0.2) is 32.2 Å². The molecule has 0 saturated carbocycles. The Morgan fingerprint density at radius 2 is 1.94 bits per heavy atom. The molecule has 1 N–H and O–H groups in total. The molecule has 1 heterocycles. The molecule has 31 heavy (non-hydrogen) atoms. The van der Waals surface area contributed by atoms with Gasteiger partial charge in [-0.2, -0.15) is 5.26 Å². The van der Waals surface area contributed by atoms with Crippen molar-refractivity contribution in [2.75, 3.05) is 31.2 Å². The van der Waals surface area contributed by atoms with Gasteiger partial charge in [-0.15, -0.1) is 0 Å². The fourth-order valence-electron chi connectivity index (χ4n) is 3.67. The van der Waals surface area contributed by atoms with Crippen molar-refractivity contribution in [3.63, 3.8) is 0 Å². The van der Waals surface area contributed by atoms with Gasteiger partial charge in [0.05, 0.1) is 13.2 Å². The summed E-state index contributed by atoms with van der Waals surface area (Å²) in [5, 5.41) is 12.6. The van der Waals surface area contributed by atoms with Crippen LogP contribution in [0.15, 0.2) is 54.2 Å². The minimum atomic E-state index is -0.262. The highest BCUT2D eigenvalue weighted by atomic mass is 16.5. The van der Waals surface area contributed by atoms with Gasteiger partial charge >= 0.3 is 0 Å². The van der Waals surface area contributed by atoms with Crippen LogP contribution in [0.2, 0.25) is 0 Å². The van der Waals surface area contributed by atoms with Gasteiger partial charge in [0.1, 0.15) is 11.6 Å². The molecule has 6 heteroatoms. The maximum absolute atomic E-state index is 12.9. The van der Waals surface area contributed by atoms with E-state index in [1.165, 1.54) is 6.20 Å². The molecule has 0 spiro atoms. The van der Waals surface area contributed by atoms with Crippen LogP contribution < -0.4 is 19.7 Å². The summed E-state index contributed by atoms with van der Waals surface area (Å²) in [6, 6.07) is 15.8. The van der Waals surface area contributed by atoms with Crippen LogP contribution in [-0.2, 0) is 17.6 Å². The van der Waals surface area contributed by atoms with Crippen molar-refractivity contribution in [1.82, 2.24) is 5.32 Å². The zero-order chi connectivity index (χ0) is 22.1. The van der Waals surface area contributed by atoms with Gasteiger partial charge in [-0.05, 0) is 62.4 Å². The molecular weight excluding hydrogens is 390 g/mol. The number of hydrogen-bond acceptors (Lipinski definition) is 5. The molecule has 1 aliphatic heterocycles. The number of ether oxygens (including phenoxy) is 2. The number of carbonyl (C=O) groups is 1. The average Bonchev–Trinajstić information content (AvgIpc) is 2.80. The van der Waals surface area contributed by atoms with Gasteiger partial charge in [0.2, 0.25) is 0 Å². The van der Waals surface area contributed by atoms with Gasteiger partial charge in [0.25, 0.3) is 5.91 Å². The molecule has 0 fully saturated rings. The molecule has 0 radical (unpaired) electrons. The highest BCUT2D eigenvalue weighted by molar-refractivity contribution is 6.08. The molecule has 0 aromatic heterocycles. The fourth-order valence-corrected chi connectivity index (χ4v) is 3.67. The minimum Gasteiger partial charge on any atom is -0.490 e. The smallest absolute Gasteiger partial charge is 0.270 e. The van der Waals surface area contributed by atoms with E-state index in [2.05, 4.69) is 5.32 Å². The Hall–Kier alpha value is -3.46. The topological polar surface area (TPSA) is 74.6 Å². The van der Waals surface area contributed by atoms with E-state index >= 15 is 0 Å². The van der Waals surface area contributed by atoms with Crippen LogP contribution >= 0.6 is 0 Å². The van der Waals surface area contributed by atoms with Crippen molar-refractivity contribution in [3.05, 3.63) is 65.4 Å². The van der Waals surface area contributed by atoms with Gasteiger partial charge in [-0.25, -0.2) is 0 Å². The molecule has 6 nitrogen and oxygen atoms in total. The summed E-state index contributed by atoms with van der Waals surface area (Å²) in [6.07, 6.45) is 4.10. The molecule has 2 aromatic carbocycles. The molecule has 162 valence electrons. The third kappa shape index (κ3) is 5.58. The molecular formula is C25H29N3O3. The number of anilines is 1. The van der Waals surface area contributed by atoms with Crippen molar-refractivity contribution in [2.24, 2.45) is 0 Å². The van der Waals surface area contributed by atoms with Crippen molar-refractivity contribution in [1.29, 1.82) is 5.26 Å². The number of aryl methyl sites for hydroxylation is 1. The van der Waals surface area contributed by atoms with Crippen LogP contribution in [0.5, 0.6) is 11.5 Å². The maximum atomic E-state index is 12.9. The summed E-state index contributed by atoms with van der Waals surface area (Å²) in [5.41, 5.74) is 3.24. The standard InChI is InChI=1S/C25H29N3O3/c1-3-30-23-12-11-19(16-24(23)31-4-2)13-14-27-18-21(17-26)25(29)28-15-7-9-20-8-5-6-10-22(20)28/h5-6,8,10-12,16,18,27H,3-4,7,9,13-15H2,1-2H3/b21-18-. The Kier molecular flexibility index (Phi) is 7.94. The zero-order valence-corrected chi connectivity index (χ0v) is 18.2. The predicted octanol–water partition coefficient (Wildman–Crippen LogP) is 4.00. The number of carbonyl (C=O) groups excluding carboxylic acids is 1. The second-order valence-corrected chi connectivity index (χ2v) is 7.21. The van der Waals surface area contributed by atoms with E-state index in [9.17, 15) is 10.1 Å². The number of para-hydroxylation sites is 1. The van der Waals surface area contributed by atoms with Crippen molar-refractivity contribution >= 4 is 11.6 Å². The summed E-state index contributed by atoms with van der Waals surface area (Å²) in [7, 11) is 0. The third-order valence-electron chi connectivity index (χ3n) is 5.12. The summed E-state index contributed by atoms with van der Waals surface area (Å²) in [5.74, 6) is 1.20. The van der Waals surface area contributed by atoms with E-state index in [4.69, 9.17) is 9.47 Å². The predicted molar refractivity (Wildman–Crippen MR) is 121 cm³/mol. The Morgan fingerprint density at radius 3 is 2.71 bits per heavy atom. The monoisotopic (exact) mass is 419 g/mol. The second kappa shape index (κ2) is 11.1. The van der Waals surface area contributed by atoms with Crippen LogP contribution in [0, 0.1) is 11.3 Å². The molecule has 0 bridgehead atoms. The van der Waals surface area contributed by atoms with E-state index in [1.54, 1.807) is 4.90 Å². The van der Waals surface area contributed by atoms with Crippen LogP contribution in [0.25, 0.3) is 0 Å². The Morgan fingerprint density at radius 1 is 1.16 bits per heavy atom. The lowest BCUT2D eigenvalue weighted by Gasteiger charge is -2.29. The minimum absolute atomic E-state index is 0.110. The molecule has 0 atom stereocenters. The first-order valence-electron chi connectivity index (χ1n) is 10.8. The molecule has 0 saturated heterocycles. The average molecular weight is 420 g/mol. The molecule has 1 aliphatic rings. The quantitative estimate of drug-likeness (QED) is 0.378. The second-order valence-electron chi connectivity index (χ2n) is 7.21. The number of hydrogen-bond donors (Lipinski definition) is 1. The van der Waals surface area contributed by atoms with Crippen LogP contribution in [0.1, 0.15) is 31.4 Å². The first kappa shape index (κ1) is 22.2. The van der Waals surface area contributed by atoms with Gasteiger partial charge in [-0.1, -0.05) is 24.3 Å². The Balaban J connectivity index is 1.62. The third-order valence-corrected chi connectivity index (χ3v) is 5.12. The number of fused-ring (bicyclic) bond motifs is 1. The number of nitrogens with one attached hydrogen (secondary N) is 1. The largest absolute Gasteiger partial charge is 0.490 e. The van der Waals surface area contributed by atoms with Crippen molar-refractivity contribution in [2.45, 2.75) is 33.1 Å². The zero-order valence-electron chi connectivity index (χ0n) is 18.2. The number of amides is 1. The molecule has 2 aromatic rings. The van der Waals surface area contributed by atoms with Crippen LogP contribution in [0.4, 0.5) is 5.69 Å². The van der Waals surface area contributed by atoms with E-state index < -0.39 is 0 Å². The van der Waals surface area contributed by atoms with Crippen LogP contribution in [0.3, 0.4) is 0 Å². The van der Waals surface area contributed by atoms with Gasteiger partial charge in [0.15, 0.2) is 11.5 Å². The summed E-state index contributed by atoms with van der Waals surface area (Å²) < 4.78 is 11.3. The molecule has 0 aliphatic carbocycles. The highest BCUT2D eigenvalue weighted by Gasteiger charge is 2.24. The van der Waals surface area contributed by atoms with E-state index in [-0.39, 0.29) is 11.5 Å². The highest BCUT2D eigenvalue weighted by Crippen LogP contribution is 2.29. The Bertz CT molecular complexity index is 978. The van der Waals surface area contributed by atoms with Crippen molar-refractivity contribution < 1.29 is 14.3 Å². The van der Waals surface area contributed by atoms with Gasteiger partial charge < -0.3 is 19.7 Å². The van der Waals surface area contributed by atoms with Crippen molar-refractivity contribution in [3.8, 4) is 17.6 Å². The van der Waals surface area contributed by atoms with E-state index in [0.717, 1.165) is 47.6 Å². The maximum Gasteiger partial charge on any atom is 0.270 e. The number of rotatable bonds is 9. The molecule has 0 unspecified atom stereocenters. The lowest BCUT2D eigenvalue weighted by molar-refractivity contribution is -0.114. The first-order chi connectivity index (χ1) is 15.2. The number of nitriles is 1. The van der Waals surface area contributed by atoms with Gasteiger partial charge in [-0.3, -0.25) is 4.79 Å². The normalized spacial score (nSPS) is 13.2. The van der Waals surface area contributed by atoms with E-state index in [1.807, 2.05) is 62.4 Å². The summed E-state index contributed by atoms with van der Waals surface area (Å²) in [6.45, 7) is 6.25. The molecule has 3 rings (SSSR count). The first-order valence-corrected chi connectivity index (χ1v) is 10.8. The van der Waals surface area contributed by atoms with E-state index in [0.29, 0.717) is 26.3 Å². The van der Waals surface area contributed by atoms with Gasteiger partial charge in [0, 0.05) is 25.0 Å². The SMILES string of the molecule is CCOc1ccc(CCN/C=C(/C#N)C(=O)N2CCCc3ccccc32)cc1OCC.